The average Bonchev–Trinajstić information content (AvgIpc) is 2.91. The number of carbonyl (C=O) groups excluding carboxylic acids is 1. The molecule has 0 aliphatic carbocycles. The van der Waals surface area contributed by atoms with Crippen LogP contribution in [0.2, 0.25) is 0 Å². The van der Waals surface area contributed by atoms with Gasteiger partial charge in [-0.2, -0.15) is 0 Å². The highest BCUT2D eigenvalue weighted by molar-refractivity contribution is 7.20. The van der Waals surface area contributed by atoms with Gasteiger partial charge in [0.05, 0.1) is 30.7 Å². The summed E-state index contributed by atoms with van der Waals surface area (Å²) >= 11 is 7.29. The van der Waals surface area contributed by atoms with Crippen molar-refractivity contribution in [3.8, 4) is 0 Å². The highest BCUT2D eigenvalue weighted by Crippen LogP contribution is 2.29. The predicted molar refractivity (Wildman–Crippen MR) is 77.5 cm³/mol. The maximum absolute atomic E-state index is 11.8. The summed E-state index contributed by atoms with van der Waals surface area (Å²) in [5.41, 5.74) is 0.934. The molecule has 1 aliphatic heterocycles. The number of alkyl halides is 1. The maximum atomic E-state index is 11.8. The predicted octanol–water partition coefficient (Wildman–Crippen LogP) is 2.80. The fourth-order valence-corrected chi connectivity index (χ4v) is 3.35. The molecule has 2 aromatic heterocycles. The second-order valence-corrected chi connectivity index (χ2v) is 5.87. The fraction of sp³-hybridized carbons (Fsp3) is 0.538. The molecule has 1 fully saturated rings. The van der Waals surface area contributed by atoms with Crippen LogP contribution in [-0.2, 0) is 21.9 Å². The first-order valence-electron chi connectivity index (χ1n) is 6.56. The first-order chi connectivity index (χ1) is 9.72. The molecule has 2 aromatic rings. The second kappa shape index (κ2) is 5.71. The lowest BCUT2D eigenvalue weighted by atomic mass is 10.2. The van der Waals surface area contributed by atoms with E-state index in [1.165, 1.54) is 11.3 Å². The smallest absolute Gasteiger partial charge is 0.348 e. The van der Waals surface area contributed by atoms with Gasteiger partial charge in [0.15, 0.2) is 0 Å². The molecule has 0 N–H and O–H groups in total. The molecule has 108 valence electrons. The number of nitrogens with zero attached hydrogens (tertiary/aromatic N) is 2. The van der Waals surface area contributed by atoms with E-state index in [4.69, 9.17) is 21.1 Å². The number of thiophene rings is 1. The molecule has 20 heavy (non-hydrogen) atoms. The summed E-state index contributed by atoms with van der Waals surface area (Å²) in [6.45, 7) is 3.72. The summed E-state index contributed by atoms with van der Waals surface area (Å²) < 4.78 is 12.5. The Balaban J connectivity index is 1.94. The molecule has 0 spiro atoms. The van der Waals surface area contributed by atoms with Crippen LogP contribution in [0.4, 0.5) is 0 Å². The van der Waals surface area contributed by atoms with Gasteiger partial charge in [-0.25, -0.2) is 9.78 Å². The lowest BCUT2D eigenvalue weighted by molar-refractivity contribution is -0.0589. The van der Waals surface area contributed by atoms with Crippen molar-refractivity contribution < 1.29 is 14.3 Å². The minimum atomic E-state index is -0.297. The maximum Gasteiger partial charge on any atom is 0.348 e. The molecule has 3 heterocycles. The van der Waals surface area contributed by atoms with E-state index in [0.717, 1.165) is 35.7 Å². The molecule has 1 atom stereocenters. The number of carbonyl (C=O) groups is 1. The van der Waals surface area contributed by atoms with E-state index in [1.54, 1.807) is 6.92 Å². The van der Waals surface area contributed by atoms with Crippen molar-refractivity contribution in [3.05, 3.63) is 16.8 Å². The molecule has 1 unspecified atom stereocenters. The molecule has 1 saturated heterocycles. The Kier molecular flexibility index (Phi) is 3.96. The second-order valence-electron chi connectivity index (χ2n) is 4.58. The molecule has 1 aliphatic rings. The van der Waals surface area contributed by atoms with Gasteiger partial charge in [-0.05, 0) is 19.4 Å². The Morgan fingerprint density at radius 2 is 2.50 bits per heavy atom. The molecule has 7 heteroatoms. The standard InChI is InChI=1S/C13H15ClN2O3S/c1-2-18-13(17)10-5-9-12(20-10)15-11(6-14)16(9)7-8-3-4-19-8/h5,8H,2-4,6-7H2,1H3. The number of imidazole rings is 1. The number of fused-ring (bicyclic) bond motifs is 1. The Morgan fingerprint density at radius 1 is 1.70 bits per heavy atom. The molecular weight excluding hydrogens is 300 g/mol. The van der Waals surface area contributed by atoms with Crippen molar-refractivity contribution in [1.29, 1.82) is 0 Å². The van der Waals surface area contributed by atoms with Gasteiger partial charge >= 0.3 is 5.97 Å². The third-order valence-corrected chi connectivity index (χ3v) is 4.54. The van der Waals surface area contributed by atoms with Crippen LogP contribution in [-0.4, -0.2) is 34.8 Å². The Morgan fingerprint density at radius 3 is 3.10 bits per heavy atom. The van der Waals surface area contributed by atoms with Gasteiger partial charge < -0.3 is 14.0 Å². The van der Waals surface area contributed by atoms with Crippen LogP contribution in [0.25, 0.3) is 10.3 Å². The number of rotatable bonds is 5. The molecule has 0 radical (unpaired) electrons. The summed E-state index contributed by atoms with van der Waals surface area (Å²) in [6, 6.07) is 1.83. The van der Waals surface area contributed by atoms with Gasteiger partial charge in [-0.15, -0.1) is 22.9 Å². The van der Waals surface area contributed by atoms with E-state index < -0.39 is 0 Å². The van der Waals surface area contributed by atoms with Gasteiger partial charge in [-0.1, -0.05) is 0 Å². The highest BCUT2D eigenvalue weighted by atomic mass is 35.5. The molecule has 3 rings (SSSR count). The normalized spacial score (nSPS) is 18.2. The van der Waals surface area contributed by atoms with Crippen LogP contribution < -0.4 is 0 Å². The highest BCUT2D eigenvalue weighted by Gasteiger charge is 2.23. The van der Waals surface area contributed by atoms with E-state index in [9.17, 15) is 4.79 Å². The van der Waals surface area contributed by atoms with Crippen LogP contribution >= 0.6 is 22.9 Å². The molecule has 5 nitrogen and oxygen atoms in total. The number of hydrogen-bond acceptors (Lipinski definition) is 5. The lowest BCUT2D eigenvalue weighted by Crippen LogP contribution is -2.31. The monoisotopic (exact) mass is 314 g/mol. The largest absolute Gasteiger partial charge is 0.462 e. The summed E-state index contributed by atoms with van der Waals surface area (Å²) in [4.78, 5) is 17.7. The Bertz CT molecular complexity index is 633. The zero-order valence-corrected chi connectivity index (χ0v) is 12.7. The van der Waals surface area contributed by atoms with Gasteiger partial charge in [-0.3, -0.25) is 0 Å². The minimum absolute atomic E-state index is 0.223. The average molecular weight is 315 g/mol. The van der Waals surface area contributed by atoms with Crippen LogP contribution in [0, 0.1) is 0 Å². The van der Waals surface area contributed by atoms with E-state index in [1.807, 2.05) is 10.6 Å². The quantitative estimate of drug-likeness (QED) is 0.629. The zero-order chi connectivity index (χ0) is 14.1. The molecule has 0 saturated carbocycles. The number of aromatic nitrogens is 2. The van der Waals surface area contributed by atoms with Crippen molar-refractivity contribution in [2.75, 3.05) is 13.2 Å². The van der Waals surface area contributed by atoms with Crippen LogP contribution in [0.3, 0.4) is 0 Å². The number of ether oxygens (including phenoxy) is 2. The summed E-state index contributed by atoms with van der Waals surface area (Å²) in [5.74, 6) is 0.872. The van der Waals surface area contributed by atoms with Crippen molar-refractivity contribution in [1.82, 2.24) is 9.55 Å². The number of hydrogen-bond donors (Lipinski definition) is 0. The minimum Gasteiger partial charge on any atom is -0.462 e. The van der Waals surface area contributed by atoms with Crippen LogP contribution in [0.1, 0.15) is 28.8 Å². The molecule has 0 amide bonds. The number of esters is 1. The lowest BCUT2D eigenvalue weighted by Gasteiger charge is -2.27. The third-order valence-electron chi connectivity index (χ3n) is 3.30. The van der Waals surface area contributed by atoms with E-state index in [2.05, 4.69) is 4.98 Å². The van der Waals surface area contributed by atoms with E-state index >= 15 is 0 Å². The van der Waals surface area contributed by atoms with Crippen LogP contribution in [0.5, 0.6) is 0 Å². The first-order valence-corrected chi connectivity index (χ1v) is 7.91. The SMILES string of the molecule is CCOC(=O)c1cc2c(nc(CCl)n2CC2CCO2)s1. The van der Waals surface area contributed by atoms with Crippen molar-refractivity contribution in [2.24, 2.45) is 0 Å². The topological polar surface area (TPSA) is 53.3 Å². The van der Waals surface area contributed by atoms with Crippen molar-refractivity contribution in [3.63, 3.8) is 0 Å². The first kappa shape index (κ1) is 13.9. The van der Waals surface area contributed by atoms with Crippen LogP contribution in [0.15, 0.2) is 6.07 Å². The van der Waals surface area contributed by atoms with Crippen molar-refractivity contribution in [2.45, 2.75) is 31.9 Å². The van der Waals surface area contributed by atoms with Gasteiger partial charge in [0.1, 0.15) is 15.5 Å². The van der Waals surface area contributed by atoms with E-state index in [0.29, 0.717) is 17.4 Å². The zero-order valence-electron chi connectivity index (χ0n) is 11.1. The summed E-state index contributed by atoms with van der Waals surface area (Å²) in [5, 5.41) is 0. The van der Waals surface area contributed by atoms with Gasteiger partial charge in [0, 0.05) is 6.61 Å². The van der Waals surface area contributed by atoms with Gasteiger partial charge in [0.2, 0.25) is 0 Å². The van der Waals surface area contributed by atoms with Gasteiger partial charge in [0.25, 0.3) is 0 Å². The fourth-order valence-electron chi connectivity index (χ4n) is 2.20. The third kappa shape index (κ3) is 2.43. The Labute approximate surface area is 125 Å². The summed E-state index contributed by atoms with van der Waals surface area (Å²) in [7, 11) is 0. The molecule has 0 bridgehead atoms. The number of halogens is 1. The summed E-state index contributed by atoms with van der Waals surface area (Å²) in [6.07, 6.45) is 1.27. The molecular formula is C13H15ClN2O3S. The Hall–Kier alpha value is -1.11. The van der Waals surface area contributed by atoms with Crippen molar-refractivity contribution >= 4 is 39.3 Å². The molecule has 0 aromatic carbocycles. The van der Waals surface area contributed by atoms with E-state index in [-0.39, 0.29) is 12.1 Å².